The Hall–Kier alpha value is -2.60. The molecule has 2 aromatic rings. The summed E-state index contributed by atoms with van der Waals surface area (Å²) in [5.41, 5.74) is 0.975. The van der Waals surface area contributed by atoms with Crippen LogP contribution in [-0.2, 0) is 22.6 Å². The second kappa shape index (κ2) is 10.8. The van der Waals surface area contributed by atoms with Crippen LogP contribution in [0.4, 0.5) is 5.82 Å². The van der Waals surface area contributed by atoms with E-state index in [1.54, 1.807) is 6.07 Å². The summed E-state index contributed by atoms with van der Waals surface area (Å²) in [5.74, 6) is -1.76. The van der Waals surface area contributed by atoms with E-state index in [1.165, 1.54) is 23.6 Å². The minimum absolute atomic E-state index is 0.0814. The fraction of sp³-hybridized carbons (Fsp3) is 0.450. The number of anilines is 1. The number of fused-ring (bicyclic) bond motifs is 1. The van der Waals surface area contributed by atoms with Gasteiger partial charge in [-0.2, -0.15) is 0 Å². The molecule has 1 unspecified atom stereocenters. The van der Waals surface area contributed by atoms with Crippen molar-refractivity contribution in [3.8, 4) is 0 Å². The van der Waals surface area contributed by atoms with Crippen molar-refractivity contribution in [2.75, 3.05) is 46.1 Å². The number of likely N-dealkylation sites (N-methyl/N-ethyl adjacent to an activating group) is 2. The highest BCUT2D eigenvalue weighted by atomic mass is 35.5. The number of hydrogen-bond acceptors (Lipinski definition) is 8. The van der Waals surface area contributed by atoms with E-state index in [1.807, 2.05) is 26.0 Å². The number of thiazole rings is 1. The maximum absolute atomic E-state index is 12.8. The summed E-state index contributed by atoms with van der Waals surface area (Å²) in [7, 11) is 5.76. The summed E-state index contributed by atoms with van der Waals surface area (Å²) in [6.07, 6.45) is 2.19. The van der Waals surface area contributed by atoms with Crippen molar-refractivity contribution < 1.29 is 14.4 Å². The molecule has 0 saturated carbocycles. The molecule has 0 aromatic carbocycles. The summed E-state index contributed by atoms with van der Waals surface area (Å²) >= 11 is 7.15. The molecule has 1 aliphatic heterocycles. The molecule has 172 valence electrons. The lowest BCUT2D eigenvalue weighted by Crippen LogP contribution is -2.50. The number of rotatable bonds is 7. The predicted molar refractivity (Wildman–Crippen MR) is 123 cm³/mol. The van der Waals surface area contributed by atoms with E-state index in [0.717, 1.165) is 30.1 Å². The van der Waals surface area contributed by atoms with E-state index >= 15 is 0 Å². The van der Waals surface area contributed by atoms with Gasteiger partial charge < -0.3 is 25.8 Å². The van der Waals surface area contributed by atoms with Crippen LogP contribution in [0.3, 0.4) is 0 Å². The van der Waals surface area contributed by atoms with Crippen LogP contribution in [0.5, 0.6) is 0 Å². The maximum atomic E-state index is 12.8. The number of carbonyl (C=O) groups is 3. The lowest BCUT2D eigenvalue weighted by Gasteiger charge is -2.22. The van der Waals surface area contributed by atoms with Gasteiger partial charge in [-0.15, -0.1) is 11.3 Å². The minimum atomic E-state index is -0.855. The Morgan fingerprint density at radius 2 is 2.06 bits per heavy atom. The molecule has 0 fully saturated rings. The van der Waals surface area contributed by atoms with Gasteiger partial charge in [0.15, 0.2) is 5.01 Å². The molecule has 0 aliphatic carbocycles. The molecule has 1 atom stereocenters. The van der Waals surface area contributed by atoms with Gasteiger partial charge in [-0.25, -0.2) is 9.97 Å². The van der Waals surface area contributed by atoms with Crippen LogP contribution >= 0.6 is 22.9 Å². The first kappa shape index (κ1) is 24.1. The average Bonchev–Trinajstić information content (AvgIpc) is 3.16. The molecule has 0 radical (unpaired) electrons. The van der Waals surface area contributed by atoms with E-state index in [-0.39, 0.29) is 18.3 Å². The zero-order chi connectivity index (χ0) is 23.3. The fourth-order valence-electron chi connectivity index (χ4n) is 3.19. The van der Waals surface area contributed by atoms with Crippen molar-refractivity contribution in [2.24, 2.45) is 0 Å². The molecule has 0 bridgehead atoms. The molecule has 32 heavy (non-hydrogen) atoms. The van der Waals surface area contributed by atoms with Gasteiger partial charge in [-0.05, 0) is 33.3 Å². The highest BCUT2D eigenvalue weighted by molar-refractivity contribution is 7.13. The van der Waals surface area contributed by atoms with Crippen molar-refractivity contribution in [3.05, 3.63) is 38.9 Å². The number of amides is 3. The van der Waals surface area contributed by atoms with Crippen LogP contribution in [0.2, 0.25) is 5.02 Å². The first-order valence-corrected chi connectivity index (χ1v) is 11.2. The predicted octanol–water partition coefficient (Wildman–Crippen LogP) is 0.594. The first-order chi connectivity index (χ1) is 15.2. The number of hydrogen-bond donors (Lipinski definition) is 3. The van der Waals surface area contributed by atoms with E-state index in [4.69, 9.17) is 11.6 Å². The van der Waals surface area contributed by atoms with Gasteiger partial charge in [0.2, 0.25) is 0 Å². The number of nitrogens with zero attached hydrogens (tertiary/aromatic N) is 4. The molecule has 3 amide bonds. The van der Waals surface area contributed by atoms with Crippen LogP contribution in [0.15, 0.2) is 18.3 Å². The summed E-state index contributed by atoms with van der Waals surface area (Å²) in [6, 6.07) is 2.64. The monoisotopic (exact) mass is 479 g/mol. The summed E-state index contributed by atoms with van der Waals surface area (Å²) in [4.78, 5) is 50.7. The second-order valence-electron chi connectivity index (χ2n) is 7.84. The summed E-state index contributed by atoms with van der Waals surface area (Å²) in [6.45, 7) is 2.26. The van der Waals surface area contributed by atoms with Crippen molar-refractivity contribution in [2.45, 2.75) is 19.0 Å². The van der Waals surface area contributed by atoms with Crippen molar-refractivity contribution in [3.63, 3.8) is 0 Å². The fourth-order valence-corrected chi connectivity index (χ4v) is 4.39. The Labute approximate surface area is 195 Å². The van der Waals surface area contributed by atoms with Crippen molar-refractivity contribution >= 4 is 46.5 Å². The number of aromatic nitrogens is 2. The van der Waals surface area contributed by atoms with Gasteiger partial charge in [0, 0.05) is 43.7 Å². The van der Waals surface area contributed by atoms with Crippen molar-refractivity contribution in [1.82, 2.24) is 30.4 Å². The second-order valence-corrected chi connectivity index (χ2v) is 9.36. The van der Waals surface area contributed by atoms with Gasteiger partial charge in [-0.1, -0.05) is 11.6 Å². The van der Waals surface area contributed by atoms with Gasteiger partial charge in [0.25, 0.3) is 5.91 Å². The van der Waals surface area contributed by atoms with Gasteiger partial charge in [0.1, 0.15) is 5.82 Å². The van der Waals surface area contributed by atoms with E-state index in [2.05, 4.69) is 30.8 Å². The maximum Gasteiger partial charge on any atom is 0.314 e. The average molecular weight is 480 g/mol. The van der Waals surface area contributed by atoms with Crippen LogP contribution in [-0.4, -0.2) is 84.3 Å². The molecule has 0 spiro atoms. The lowest BCUT2D eigenvalue weighted by molar-refractivity contribution is -0.136. The van der Waals surface area contributed by atoms with Gasteiger partial charge >= 0.3 is 11.8 Å². The molecule has 10 nitrogen and oxygen atoms in total. The highest BCUT2D eigenvalue weighted by Gasteiger charge is 2.24. The SMILES string of the molecule is CN(C)CC(CNC(=O)C(=O)Nc1ccc(Cl)cn1)NC(=O)c1nc2c(s1)CN(C)CC2. The molecule has 1 aliphatic rings. The third kappa shape index (κ3) is 6.70. The molecule has 3 N–H and O–H groups in total. The normalized spacial score (nSPS) is 14.5. The van der Waals surface area contributed by atoms with E-state index in [9.17, 15) is 14.4 Å². The topological polar surface area (TPSA) is 120 Å². The Morgan fingerprint density at radius 1 is 1.28 bits per heavy atom. The summed E-state index contributed by atoms with van der Waals surface area (Å²) in [5, 5.41) is 8.71. The van der Waals surface area contributed by atoms with Crippen LogP contribution in [0.25, 0.3) is 0 Å². The Balaban J connectivity index is 1.56. The van der Waals surface area contributed by atoms with E-state index < -0.39 is 17.9 Å². The number of carbonyl (C=O) groups excluding carboxylic acids is 3. The van der Waals surface area contributed by atoms with Crippen LogP contribution < -0.4 is 16.0 Å². The largest absolute Gasteiger partial charge is 0.346 e. The van der Waals surface area contributed by atoms with Gasteiger partial charge in [0.05, 0.1) is 16.8 Å². The quantitative estimate of drug-likeness (QED) is 0.497. The number of nitrogens with one attached hydrogen (secondary N) is 3. The zero-order valence-corrected chi connectivity index (χ0v) is 19.7. The molecular weight excluding hydrogens is 454 g/mol. The van der Waals surface area contributed by atoms with Gasteiger partial charge in [-0.3, -0.25) is 14.4 Å². The Morgan fingerprint density at radius 3 is 2.75 bits per heavy atom. The first-order valence-electron chi connectivity index (χ1n) is 10.0. The number of pyridine rings is 1. The van der Waals surface area contributed by atoms with Crippen molar-refractivity contribution in [1.29, 1.82) is 0 Å². The standard InChI is InChI=1S/C20H26ClN7O3S/c1-27(2)10-13(9-23-17(29)18(30)26-16-5-4-12(21)8-22-16)24-19(31)20-25-14-6-7-28(3)11-15(14)32-20/h4-5,8,13H,6-7,9-11H2,1-3H3,(H,23,29)(H,24,31)(H,22,26,30). The molecule has 12 heteroatoms. The molecule has 3 rings (SSSR count). The zero-order valence-electron chi connectivity index (χ0n) is 18.1. The third-order valence-corrected chi connectivity index (χ3v) is 6.03. The van der Waals surface area contributed by atoms with Crippen LogP contribution in [0, 0.1) is 0 Å². The van der Waals surface area contributed by atoms with Crippen LogP contribution in [0.1, 0.15) is 20.4 Å². The smallest absolute Gasteiger partial charge is 0.314 e. The summed E-state index contributed by atoms with van der Waals surface area (Å²) < 4.78 is 0. The molecular formula is C20H26ClN7O3S. The molecule has 3 heterocycles. The molecule has 2 aromatic heterocycles. The third-order valence-electron chi connectivity index (χ3n) is 4.72. The Bertz CT molecular complexity index is 980. The minimum Gasteiger partial charge on any atom is -0.346 e. The Kier molecular flexibility index (Phi) is 8.13. The molecule has 0 saturated heterocycles. The number of halogens is 1. The highest BCUT2D eigenvalue weighted by Crippen LogP contribution is 2.24. The lowest BCUT2D eigenvalue weighted by atomic mass is 10.2. The van der Waals surface area contributed by atoms with E-state index in [0.29, 0.717) is 16.6 Å².